The number of unbranched alkanes of at least 4 members (excludes halogenated alkanes) is 34. The average Bonchev–Trinajstić information content (AvgIpc) is 3.70. The minimum atomic E-state index is -4.95. The second kappa shape index (κ2) is 60.0. The lowest BCUT2D eigenvalue weighted by atomic mass is 9.99. The van der Waals surface area contributed by atoms with Crippen molar-refractivity contribution in [3.05, 3.63) is 0 Å². The highest BCUT2D eigenvalue weighted by atomic mass is 31.2. The Morgan fingerprint density at radius 2 is 0.580 bits per heavy atom. The van der Waals surface area contributed by atoms with E-state index in [0.29, 0.717) is 25.7 Å². The minimum absolute atomic E-state index is 0.104. The molecular weight excluding hydrogens is 1160 g/mol. The number of ether oxygens (including phenoxy) is 4. The number of hydrogen-bond acceptors (Lipinski definition) is 15. The lowest BCUT2D eigenvalue weighted by Crippen LogP contribution is -2.30. The Morgan fingerprint density at radius 3 is 0.864 bits per heavy atom. The summed E-state index contributed by atoms with van der Waals surface area (Å²) in [6.45, 7) is 11.8. The summed E-state index contributed by atoms with van der Waals surface area (Å²) < 4.78 is 68.0. The number of phosphoric acid groups is 2. The van der Waals surface area contributed by atoms with Gasteiger partial charge in [0, 0.05) is 25.7 Å². The fourth-order valence-corrected chi connectivity index (χ4v) is 11.9. The molecule has 0 aromatic carbocycles. The summed E-state index contributed by atoms with van der Waals surface area (Å²) >= 11 is 0. The van der Waals surface area contributed by atoms with Gasteiger partial charge in [-0.2, -0.15) is 0 Å². The number of hydrogen-bond donors (Lipinski definition) is 3. The van der Waals surface area contributed by atoms with Crippen molar-refractivity contribution < 1.29 is 80.2 Å². The molecular formula is C69H134O17P2. The Hall–Kier alpha value is -1.94. The maximum Gasteiger partial charge on any atom is 0.472 e. The molecule has 88 heavy (non-hydrogen) atoms. The molecule has 0 aromatic heterocycles. The first-order valence-corrected chi connectivity index (χ1v) is 38.9. The monoisotopic (exact) mass is 1300 g/mol. The third kappa shape index (κ3) is 61.6. The van der Waals surface area contributed by atoms with Crippen LogP contribution in [0.1, 0.15) is 344 Å². The van der Waals surface area contributed by atoms with E-state index in [-0.39, 0.29) is 25.7 Å². The maximum absolute atomic E-state index is 13.0. The smallest absolute Gasteiger partial charge is 0.462 e. The van der Waals surface area contributed by atoms with Crippen molar-refractivity contribution >= 4 is 39.5 Å². The van der Waals surface area contributed by atoms with Gasteiger partial charge in [0.15, 0.2) is 12.2 Å². The number of phosphoric ester groups is 2. The Kier molecular flexibility index (Phi) is 58.7. The van der Waals surface area contributed by atoms with E-state index in [1.165, 1.54) is 148 Å². The molecule has 3 N–H and O–H groups in total. The summed E-state index contributed by atoms with van der Waals surface area (Å²) in [6, 6.07) is 0. The van der Waals surface area contributed by atoms with E-state index in [1.807, 2.05) is 0 Å². The molecule has 522 valence electrons. The van der Waals surface area contributed by atoms with Gasteiger partial charge in [0.05, 0.1) is 26.4 Å². The average molecular weight is 1300 g/mol. The van der Waals surface area contributed by atoms with Gasteiger partial charge in [-0.1, -0.05) is 292 Å². The SMILES string of the molecule is CCCCCCCC(=O)OC[C@H](COP(=O)(O)OC[C@H](O)COP(=O)(O)OC[C@@H](COC(=O)CCCCCCCCCCCCC(C)C)OC(=O)CCCCCCCCCCCCCCCCC(C)CC)OC(=O)CCCCCCCCCCCC(C)C. The van der Waals surface area contributed by atoms with Crippen LogP contribution in [-0.4, -0.2) is 96.7 Å². The first-order chi connectivity index (χ1) is 42.3. The molecule has 17 nitrogen and oxygen atoms in total. The van der Waals surface area contributed by atoms with Crippen LogP contribution >= 0.6 is 15.6 Å². The Bertz CT molecular complexity index is 1730. The Balaban J connectivity index is 5.16. The van der Waals surface area contributed by atoms with E-state index < -0.39 is 97.5 Å². The van der Waals surface area contributed by atoms with E-state index in [1.54, 1.807) is 0 Å². The predicted octanol–water partition coefficient (Wildman–Crippen LogP) is 19.5. The minimum Gasteiger partial charge on any atom is -0.462 e. The van der Waals surface area contributed by atoms with Gasteiger partial charge in [0.25, 0.3) is 0 Å². The van der Waals surface area contributed by atoms with Crippen LogP contribution in [0.5, 0.6) is 0 Å². The molecule has 0 rings (SSSR count). The van der Waals surface area contributed by atoms with Crippen molar-refractivity contribution in [3.8, 4) is 0 Å². The van der Waals surface area contributed by atoms with Crippen LogP contribution in [0.15, 0.2) is 0 Å². The largest absolute Gasteiger partial charge is 0.472 e. The zero-order valence-corrected chi connectivity index (χ0v) is 59.0. The van der Waals surface area contributed by atoms with Crippen LogP contribution in [0.3, 0.4) is 0 Å². The maximum atomic E-state index is 13.0. The molecule has 0 aliphatic rings. The highest BCUT2D eigenvalue weighted by Gasteiger charge is 2.30. The summed E-state index contributed by atoms with van der Waals surface area (Å²) in [5.41, 5.74) is 0. The van der Waals surface area contributed by atoms with Crippen LogP contribution in [-0.2, 0) is 65.4 Å². The van der Waals surface area contributed by atoms with Crippen LogP contribution in [0.4, 0.5) is 0 Å². The second-order valence-electron chi connectivity index (χ2n) is 26.1. The van der Waals surface area contributed by atoms with E-state index in [2.05, 4.69) is 48.5 Å². The third-order valence-corrected chi connectivity index (χ3v) is 18.1. The quantitative estimate of drug-likeness (QED) is 0.0222. The first-order valence-electron chi connectivity index (χ1n) is 35.9. The summed E-state index contributed by atoms with van der Waals surface area (Å²) in [5.74, 6) is 0.202. The van der Waals surface area contributed by atoms with Crippen molar-refractivity contribution in [2.75, 3.05) is 39.6 Å². The molecule has 0 fully saturated rings. The number of esters is 4. The van der Waals surface area contributed by atoms with Crippen molar-refractivity contribution in [1.29, 1.82) is 0 Å². The number of aliphatic hydroxyl groups is 1. The molecule has 0 bridgehead atoms. The summed E-state index contributed by atoms with van der Waals surface area (Å²) in [7, 11) is -9.89. The van der Waals surface area contributed by atoms with Crippen molar-refractivity contribution in [1.82, 2.24) is 0 Å². The standard InChI is InChI=1S/C69H134O17P2/c1-8-10-11-33-43-50-66(71)79-56-64(85-69(74)53-46-39-32-26-20-22-28-35-41-48-61(5)6)58-83-87(75,76)81-54-63(70)55-82-88(77,78)84-59-65(57-80-67(72)51-44-37-30-24-19-18-21-27-34-40-47-60(3)4)86-68(73)52-45-38-31-25-17-15-13-12-14-16-23-29-36-42-49-62(7)9-2/h60-65,70H,8-59H2,1-7H3,(H,75,76)(H,77,78)/t62?,63-,64+,65+/m0/s1. The van der Waals surface area contributed by atoms with Gasteiger partial charge in [0.1, 0.15) is 19.3 Å². The van der Waals surface area contributed by atoms with Crippen molar-refractivity contribution in [2.24, 2.45) is 17.8 Å². The molecule has 0 aromatic rings. The topological polar surface area (TPSA) is 237 Å². The molecule has 0 radical (unpaired) electrons. The predicted molar refractivity (Wildman–Crippen MR) is 354 cm³/mol. The lowest BCUT2D eigenvalue weighted by Gasteiger charge is -2.21. The van der Waals surface area contributed by atoms with Crippen LogP contribution in [0, 0.1) is 17.8 Å². The van der Waals surface area contributed by atoms with Gasteiger partial charge in [-0.15, -0.1) is 0 Å². The Labute approximate surface area is 537 Å². The van der Waals surface area contributed by atoms with Crippen LogP contribution in [0.2, 0.25) is 0 Å². The fraction of sp³-hybridized carbons (Fsp3) is 0.942. The van der Waals surface area contributed by atoms with E-state index in [0.717, 1.165) is 114 Å². The summed E-state index contributed by atoms with van der Waals surface area (Å²) in [5, 5.41) is 10.5. The van der Waals surface area contributed by atoms with Gasteiger partial charge in [-0.3, -0.25) is 37.3 Å². The second-order valence-corrected chi connectivity index (χ2v) is 29.0. The van der Waals surface area contributed by atoms with Crippen LogP contribution in [0.25, 0.3) is 0 Å². The number of rotatable bonds is 67. The van der Waals surface area contributed by atoms with E-state index in [9.17, 15) is 43.2 Å². The zero-order valence-electron chi connectivity index (χ0n) is 57.2. The lowest BCUT2D eigenvalue weighted by molar-refractivity contribution is -0.161. The number of carbonyl (C=O) groups excluding carboxylic acids is 4. The summed E-state index contributed by atoms with van der Waals surface area (Å²) in [4.78, 5) is 72.2. The van der Waals surface area contributed by atoms with Crippen molar-refractivity contribution in [3.63, 3.8) is 0 Å². The van der Waals surface area contributed by atoms with Crippen LogP contribution < -0.4 is 0 Å². The van der Waals surface area contributed by atoms with E-state index >= 15 is 0 Å². The molecule has 0 saturated heterocycles. The van der Waals surface area contributed by atoms with Gasteiger partial charge < -0.3 is 33.8 Å². The summed E-state index contributed by atoms with van der Waals surface area (Å²) in [6.07, 6.45) is 43.4. The van der Waals surface area contributed by atoms with Gasteiger partial charge in [-0.25, -0.2) is 9.13 Å². The molecule has 0 aliphatic heterocycles. The molecule has 19 heteroatoms. The fourth-order valence-electron chi connectivity index (χ4n) is 10.3. The van der Waals surface area contributed by atoms with Gasteiger partial charge in [0.2, 0.25) is 0 Å². The third-order valence-electron chi connectivity index (χ3n) is 16.2. The van der Waals surface area contributed by atoms with Crippen molar-refractivity contribution in [2.45, 2.75) is 362 Å². The van der Waals surface area contributed by atoms with Gasteiger partial charge >= 0.3 is 39.5 Å². The Morgan fingerprint density at radius 1 is 0.330 bits per heavy atom. The number of aliphatic hydroxyl groups excluding tert-OH is 1. The molecule has 0 heterocycles. The molecule has 0 amide bonds. The molecule has 0 saturated carbocycles. The normalized spacial score (nSPS) is 14.5. The first kappa shape index (κ1) is 86.1. The molecule has 3 unspecified atom stereocenters. The number of carbonyl (C=O) groups is 4. The molecule has 0 spiro atoms. The molecule has 0 aliphatic carbocycles. The zero-order chi connectivity index (χ0) is 65.2. The van der Waals surface area contributed by atoms with E-state index in [4.69, 9.17) is 37.0 Å². The molecule has 6 atom stereocenters. The highest BCUT2D eigenvalue weighted by Crippen LogP contribution is 2.45. The van der Waals surface area contributed by atoms with Gasteiger partial charge in [-0.05, 0) is 43.4 Å². The highest BCUT2D eigenvalue weighted by molar-refractivity contribution is 7.47.